The van der Waals surface area contributed by atoms with Gasteiger partial charge < -0.3 is 20.1 Å². The van der Waals surface area contributed by atoms with Gasteiger partial charge in [0.15, 0.2) is 0 Å². The number of ether oxygens (including phenoxy) is 2. The van der Waals surface area contributed by atoms with Crippen molar-refractivity contribution in [1.29, 1.82) is 0 Å². The van der Waals surface area contributed by atoms with Crippen LogP contribution in [0.2, 0.25) is 5.02 Å². The maximum atomic E-state index is 13.4. The van der Waals surface area contributed by atoms with Crippen molar-refractivity contribution >= 4 is 52.5 Å². The van der Waals surface area contributed by atoms with Gasteiger partial charge in [-0.15, -0.1) is 0 Å². The lowest BCUT2D eigenvalue weighted by Crippen LogP contribution is -2.55. The Labute approximate surface area is 220 Å². The smallest absolute Gasteiger partial charge is 0.437 e. The van der Waals surface area contributed by atoms with Crippen LogP contribution in [0.4, 0.5) is 24.5 Å². The highest BCUT2D eigenvalue weighted by atomic mass is 35.5. The van der Waals surface area contributed by atoms with Gasteiger partial charge in [-0.3, -0.25) is 19.3 Å². The molecular weight excluding hydrogens is 535 g/mol. The average molecular weight is 560 g/mol. The second-order valence-electron chi connectivity index (χ2n) is 8.28. The lowest BCUT2D eigenvalue weighted by Gasteiger charge is -2.29. The first-order valence-electron chi connectivity index (χ1n) is 11.1. The predicted octanol–water partition coefficient (Wildman–Crippen LogP) is 4.58. The number of nitrogens with one attached hydrogen (secondary N) is 2. The number of amides is 2. The molecule has 1 aliphatic heterocycles. The van der Waals surface area contributed by atoms with E-state index in [4.69, 9.17) is 16.3 Å². The summed E-state index contributed by atoms with van der Waals surface area (Å²) in [5, 5.41) is 4.92. The SMILES string of the molecule is CC(=O)OC(C)(C(=O)Nc1ccc(Sc2ccc(NC(=O)CN3CCOCC3)cc2)cc1Cl)C(F)(F)F. The minimum absolute atomic E-state index is 0.00213. The lowest BCUT2D eigenvalue weighted by molar-refractivity contribution is -0.253. The number of rotatable bonds is 8. The Balaban J connectivity index is 1.60. The van der Waals surface area contributed by atoms with Crippen molar-refractivity contribution in [2.24, 2.45) is 0 Å². The van der Waals surface area contributed by atoms with Crippen LogP contribution in [-0.2, 0) is 23.9 Å². The molecule has 200 valence electrons. The zero-order valence-electron chi connectivity index (χ0n) is 20.0. The molecule has 1 saturated heterocycles. The number of hydrogen-bond acceptors (Lipinski definition) is 7. The van der Waals surface area contributed by atoms with Crippen molar-refractivity contribution in [3.63, 3.8) is 0 Å². The van der Waals surface area contributed by atoms with E-state index in [-0.39, 0.29) is 23.2 Å². The third kappa shape index (κ3) is 7.84. The molecule has 0 aliphatic carbocycles. The summed E-state index contributed by atoms with van der Waals surface area (Å²) in [6.45, 7) is 4.17. The topological polar surface area (TPSA) is 97.0 Å². The number of carbonyl (C=O) groups excluding carboxylic acids is 3. The number of benzene rings is 2. The Hall–Kier alpha value is -2.80. The van der Waals surface area contributed by atoms with Gasteiger partial charge >= 0.3 is 12.1 Å². The first-order chi connectivity index (χ1) is 17.4. The summed E-state index contributed by atoms with van der Waals surface area (Å²) in [7, 11) is 0. The number of anilines is 2. The molecule has 8 nitrogen and oxygen atoms in total. The van der Waals surface area contributed by atoms with Gasteiger partial charge in [-0.05, 0) is 49.4 Å². The first-order valence-corrected chi connectivity index (χ1v) is 12.3. The molecular formula is C24H25ClF3N3O5S. The molecule has 0 spiro atoms. The minimum atomic E-state index is -5.14. The van der Waals surface area contributed by atoms with Crippen LogP contribution in [0.25, 0.3) is 0 Å². The predicted molar refractivity (Wildman–Crippen MR) is 133 cm³/mol. The van der Waals surface area contributed by atoms with Gasteiger partial charge in [-0.25, -0.2) is 0 Å². The van der Waals surface area contributed by atoms with Crippen LogP contribution in [0.3, 0.4) is 0 Å². The van der Waals surface area contributed by atoms with E-state index in [2.05, 4.69) is 15.4 Å². The van der Waals surface area contributed by atoms with Crippen molar-refractivity contribution in [2.75, 3.05) is 43.5 Å². The van der Waals surface area contributed by atoms with Crippen LogP contribution in [0.5, 0.6) is 0 Å². The Bertz CT molecular complexity index is 1140. The van der Waals surface area contributed by atoms with Crippen LogP contribution >= 0.6 is 23.4 Å². The molecule has 3 rings (SSSR count). The summed E-state index contributed by atoms with van der Waals surface area (Å²) in [5.74, 6) is -2.96. The normalized spacial score (nSPS) is 15.9. The molecule has 0 saturated carbocycles. The van der Waals surface area contributed by atoms with Gasteiger partial charge in [-0.1, -0.05) is 23.4 Å². The van der Waals surface area contributed by atoms with Crippen molar-refractivity contribution < 1.29 is 37.0 Å². The molecule has 1 unspecified atom stereocenters. The van der Waals surface area contributed by atoms with Gasteiger partial charge in [0.2, 0.25) is 5.91 Å². The van der Waals surface area contributed by atoms with E-state index in [0.717, 1.165) is 11.8 Å². The number of carbonyl (C=O) groups is 3. The summed E-state index contributed by atoms with van der Waals surface area (Å²) in [6.07, 6.45) is -5.14. The molecule has 0 bridgehead atoms. The standard InChI is InChI=1S/C24H25ClF3N3O5S/c1-15(32)36-23(2,24(26,27)28)22(34)30-20-8-7-18(13-19(20)25)37-17-5-3-16(4-6-17)29-21(33)14-31-9-11-35-12-10-31/h3-8,13H,9-12,14H2,1-2H3,(H,29,33)(H,30,34). The zero-order valence-corrected chi connectivity index (χ0v) is 21.6. The van der Waals surface area contributed by atoms with Crippen LogP contribution < -0.4 is 10.6 Å². The van der Waals surface area contributed by atoms with E-state index < -0.39 is 23.7 Å². The van der Waals surface area contributed by atoms with E-state index in [1.807, 2.05) is 4.90 Å². The van der Waals surface area contributed by atoms with E-state index in [9.17, 15) is 27.6 Å². The Morgan fingerprint density at radius 3 is 2.24 bits per heavy atom. The summed E-state index contributed by atoms with van der Waals surface area (Å²) >= 11 is 7.52. The van der Waals surface area contributed by atoms with Gasteiger partial charge in [0.05, 0.1) is 30.5 Å². The summed E-state index contributed by atoms with van der Waals surface area (Å²) in [5.41, 5.74) is -2.81. The van der Waals surface area contributed by atoms with E-state index in [1.165, 1.54) is 23.9 Å². The summed E-state index contributed by atoms with van der Waals surface area (Å²) in [4.78, 5) is 39.2. The van der Waals surface area contributed by atoms with Crippen LogP contribution in [-0.4, -0.2) is 67.3 Å². The van der Waals surface area contributed by atoms with E-state index >= 15 is 0 Å². The van der Waals surface area contributed by atoms with Crippen LogP contribution in [0, 0.1) is 0 Å². The molecule has 1 heterocycles. The number of morpholine rings is 1. The second kappa shape index (κ2) is 12.2. The maximum Gasteiger partial charge on any atom is 0.437 e. The Morgan fingerprint density at radius 2 is 1.68 bits per heavy atom. The summed E-state index contributed by atoms with van der Waals surface area (Å²) < 4.78 is 49.8. The fourth-order valence-corrected chi connectivity index (χ4v) is 4.48. The second-order valence-corrected chi connectivity index (χ2v) is 9.84. The number of hydrogen-bond donors (Lipinski definition) is 2. The zero-order chi connectivity index (χ0) is 27.2. The number of alkyl halides is 3. The van der Waals surface area contributed by atoms with Gasteiger partial charge in [0, 0.05) is 35.5 Å². The average Bonchev–Trinajstić information content (AvgIpc) is 2.81. The monoisotopic (exact) mass is 559 g/mol. The molecule has 0 aromatic heterocycles. The molecule has 37 heavy (non-hydrogen) atoms. The summed E-state index contributed by atoms with van der Waals surface area (Å²) in [6, 6.07) is 11.5. The van der Waals surface area contributed by atoms with Crippen molar-refractivity contribution in [3.8, 4) is 0 Å². The maximum absolute atomic E-state index is 13.4. The molecule has 2 aromatic rings. The molecule has 13 heteroatoms. The van der Waals surface area contributed by atoms with Gasteiger partial charge in [0.25, 0.3) is 11.5 Å². The minimum Gasteiger partial charge on any atom is -0.439 e. The largest absolute Gasteiger partial charge is 0.439 e. The van der Waals surface area contributed by atoms with Crippen molar-refractivity contribution in [1.82, 2.24) is 4.90 Å². The van der Waals surface area contributed by atoms with E-state index in [1.54, 1.807) is 30.3 Å². The third-order valence-electron chi connectivity index (χ3n) is 5.36. The van der Waals surface area contributed by atoms with E-state index in [0.29, 0.717) is 43.8 Å². The Kier molecular flexibility index (Phi) is 9.46. The highest BCUT2D eigenvalue weighted by molar-refractivity contribution is 7.99. The Morgan fingerprint density at radius 1 is 1.05 bits per heavy atom. The number of nitrogens with zero attached hydrogens (tertiary/aromatic N) is 1. The molecule has 1 aliphatic rings. The van der Waals surface area contributed by atoms with Crippen LogP contribution in [0.15, 0.2) is 52.3 Å². The number of esters is 1. The van der Waals surface area contributed by atoms with Gasteiger partial charge in [0.1, 0.15) is 0 Å². The van der Waals surface area contributed by atoms with Gasteiger partial charge in [-0.2, -0.15) is 13.2 Å². The lowest BCUT2D eigenvalue weighted by atomic mass is 10.0. The highest BCUT2D eigenvalue weighted by Crippen LogP contribution is 2.37. The molecule has 1 fully saturated rings. The molecule has 2 amide bonds. The van der Waals surface area contributed by atoms with Crippen LogP contribution in [0.1, 0.15) is 13.8 Å². The molecule has 2 N–H and O–H groups in total. The van der Waals surface area contributed by atoms with Crippen molar-refractivity contribution in [3.05, 3.63) is 47.5 Å². The quantitative estimate of drug-likeness (QED) is 0.457. The third-order valence-corrected chi connectivity index (χ3v) is 6.67. The molecule has 1 atom stereocenters. The number of halogens is 4. The fourth-order valence-electron chi connectivity index (χ4n) is 3.33. The first kappa shape index (κ1) is 28.8. The molecule has 0 radical (unpaired) electrons. The fraction of sp³-hybridized carbons (Fsp3) is 0.375. The van der Waals surface area contributed by atoms with Crippen molar-refractivity contribution in [2.45, 2.75) is 35.4 Å². The highest BCUT2D eigenvalue weighted by Gasteiger charge is 2.60. The molecule has 2 aromatic carbocycles.